The van der Waals surface area contributed by atoms with E-state index in [2.05, 4.69) is 67.5 Å². The summed E-state index contributed by atoms with van der Waals surface area (Å²) in [5.74, 6) is 1.26. The Morgan fingerprint density at radius 1 is 1.17 bits per heavy atom. The average molecular weight is 368 g/mol. The smallest absolute Gasteiger partial charge is 0.236 e. The van der Waals surface area contributed by atoms with Crippen LogP contribution >= 0.6 is 34.9 Å². The van der Waals surface area contributed by atoms with Gasteiger partial charge in [-0.05, 0) is 28.9 Å². The second-order valence-corrected chi connectivity index (χ2v) is 9.45. The molecular weight excluding hydrogens is 346 g/mol. The fourth-order valence-corrected chi connectivity index (χ4v) is 4.16. The highest BCUT2D eigenvalue weighted by Crippen LogP contribution is 2.27. The first kappa shape index (κ1) is 18.3. The lowest BCUT2D eigenvalue weighted by atomic mass is 9.87. The predicted octanol–water partition coefficient (Wildman–Crippen LogP) is 4.68. The molecule has 0 aliphatic rings. The van der Waals surface area contributed by atoms with Gasteiger partial charge in [0.15, 0.2) is 4.34 Å². The van der Waals surface area contributed by atoms with Crippen molar-refractivity contribution >= 4 is 45.9 Å². The van der Waals surface area contributed by atoms with Gasteiger partial charge < -0.3 is 0 Å². The van der Waals surface area contributed by atoms with Gasteiger partial charge in [0.05, 0.1) is 5.75 Å². The lowest BCUT2D eigenvalue weighted by molar-refractivity contribution is -0.113. The highest BCUT2D eigenvalue weighted by atomic mass is 32.2. The zero-order valence-corrected chi connectivity index (χ0v) is 16.2. The van der Waals surface area contributed by atoms with Gasteiger partial charge in [-0.2, -0.15) is 0 Å². The van der Waals surface area contributed by atoms with Gasteiger partial charge in [-0.3, -0.25) is 10.1 Å². The summed E-state index contributed by atoms with van der Waals surface area (Å²) in [6.45, 7) is 8.63. The Bertz CT molecular complexity index is 647. The largest absolute Gasteiger partial charge is 0.300 e. The van der Waals surface area contributed by atoms with E-state index in [-0.39, 0.29) is 11.3 Å². The summed E-state index contributed by atoms with van der Waals surface area (Å²) < 4.78 is 0.883. The first-order valence-electron chi connectivity index (χ1n) is 7.38. The molecule has 7 heteroatoms. The monoisotopic (exact) mass is 367 g/mol. The third-order valence-electron chi connectivity index (χ3n) is 3.01. The van der Waals surface area contributed by atoms with Gasteiger partial charge in [-0.25, -0.2) is 0 Å². The third-order valence-corrected chi connectivity index (χ3v) is 5.88. The topological polar surface area (TPSA) is 54.9 Å². The summed E-state index contributed by atoms with van der Waals surface area (Å²) in [4.78, 5) is 13.1. The molecule has 1 N–H and O–H groups in total. The minimum atomic E-state index is -0.0564. The first-order chi connectivity index (χ1) is 10.9. The Hall–Kier alpha value is -1.05. The summed E-state index contributed by atoms with van der Waals surface area (Å²) in [6.07, 6.45) is 0. The van der Waals surface area contributed by atoms with E-state index in [1.165, 1.54) is 28.7 Å². The molecular formula is C16H21N3OS3. The lowest BCUT2D eigenvalue weighted by Crippen LogP contribution is -2.14. The molecule has 1 aromatic heterocycles. The molecule has 1 aromatic carbocycles. The quantitative estimate of drug-likeness (QED) is 0.593. The molecule has 0 aliphatic heterocycles. The summed E-state index contributed by atoms with van der Waals surface area (Å²) in [5, 5.41) is 11.4. The molecule has 2 rings (SSSR count). The fourth-order valence-electron chi connectivity index (χ4n) is 1.80. The summed E-state index contributed by atoms with van der Waals surface area (Å²) in [7, 11) is 0. The van der Waals surface area contributed by atoms with E-state index in [1.807, 2.05) is 0 Å². The van der Waals surface area contributed by atoms with E-state index in [1.54, 1.807) is 11.8 Å². The molecule has 1 amide bonds. The van der Waals surface area contributed by atoms with Gasteiger partial charge in [0.1, 0.15) is 0 Å². The number of hydrogen-bond donors (Lipinski definition) is 1. The van der Waals surface area contributed by atoms with Crippen LogP contribution in [0.1, 0.15) is 33.3 Å². The van der Waals surface area contributed by atoms with Crippen LogP contribution in [0.2, 0.25) is 0 Å². The van der Waals surface area contributed by atoms with Crippen molar-refractivity contribution in [1.29, 1.82) is 0 Å². The SMILES string of the molecule is CCSc1nnc(NC(=O)CSc2ccc(C(C)(C)C)cc2)s1. The van der Waals surface area contributed by atoms with Crippen LogP contribution in [0.3, 0.4) is 0 Å². The molecule has 1 heterocycles. The standard InChI is InChI=1S/C16H21N3OS3/c1-5-21-15-19-18-14(23-15)17-13(20)10-22-12-8-6-11(7-9-12)16(2,3)4/h6-9H,5,10H2,1-4H3,(H,17,18,20). The van der Waals surface area contributed by atoms with Crippen molar-refractivity contribution in [2.45, 2.75) is 42.3 Å². The van der Waals surface area contributed by atoms with E-state index >= 15 is 0 Å². The van der Waals surface area contributed by atoms with Gasteiger partial charge in [-0.1, -0.05) is 62.9 Å². The number of thioether (sulfide) groups is 2. The minimum absolute atomic E-state index is 0.0564. The number of benzene rings is 1. The van der Waals surface area contributed by atoms with Crippen molar-refractivity contribution in [3.8, 4) is 0 Å². The molecule has 0 atom stereocenters. The summed E-state index contributed by atoms with van der Waals surface area (Å²) in [6, 6.07) is 8.39. The van der Waals surface area contributed by atoms with Gasteiger partial charge in [-0.15, -0.1) is 22.0 Å². The van der Waals surface area contributed by atoms with Gasteiger partial charge in [0.25, 0.3) is 0 Å². The third kappa shape index (κ3) is 5.82. The van der Waals surface area contributed by atoms with Crippen LogP contribution in [0.15, 0.2) is 33.5 Å². The zero-order valence-electron chi connectivity index (χ0n) is 13.8. The first-order valence-corrected chi connectivity index (χ1v) is 10.2. The van der Waals surface area contributed by atoms with Crippen LogP contribution in [0.25, 0.3) is 0 Å². The maximum atomic E-state index is 12.0. The molecule has 0 saturated carbocycles. The highest BCUT2D eigenvalue weighted by Gasteiger charge is 2.13. The molecule has 0 spiro atoms. The molecule has 0 fully saturated rings. The van der Waals surface area contributed by atoms with Crippen LogP contribution in [-0.4, -0.2) is 27.6 Å². The number of nitrogens with zero attached hydrogens (tertiary/aromatic N) is 2. The molecule has 23 heavy (non-hydrogen) atoms. The predicted molar refractivity (Wildman–Crippen MR) is 101 cm³/mol. The van der Waals surface area contributed by atoms with Crippen LogP contribution in [0.5, 0.6) is 0 Å². The molecule has 0 bridgehead atoms. The van der Waals surface area contributed by atoms with E-state index in [0.29, 0.717) is 10.9 Å². The Morgan fingerprint density at radius 2 is 1.87 bits per heavy atom. The second kappa shape index (κ2) is 8.17. The number of carbonyl (C=O) groups excluding carboxylic acids is 1. The number of aromatic nitrogens is 2. The molecule has 0 aliphatic carbocycles. The summed E-state index contributed by atoms with van der Waals surface area (Å²) in [5.41, 5.74) is 1.44. The number of hydrogen-bond acceptors (Lipinski definition) is 6. The number of nitrogens with one attached hydrogen (secondary N) is 1. The second-order valence-electron chi connectivity index (χ2n) is 5.92. The van der Waals surface area contributed by atoms with Crippen molar-refractivity contribution in [3.63, 3.8) is 0 Å². The van der Waals surface area contributed by atoms with Crippen LogP contribution < -0.4 is 5.32 Å². The maximum Gasteiger partial charge on any atom is 0.236 e. The number of carbonyl (C=O) groups is 1. The normalized spacial score (nSPS) is 11.5. The van der Waals surface area contributed by atoms with E-state index < -0.39 is 0 Å². The number of amides is 1. The van der Waals surface area contributed by atoms with E-state index in [0.717, 1.165) is 15.0 Å². The van der Waals surface area contributed by atoms with E-state index in [4.69, 9.17) is 0 Å². The fraction of sp³-hybridized carbons (Fsp3) is 0.438. The van der Waals surface area contributed by atoms with E-state index in [9.17, 15) is 4.79 Å². The van der Waals surface area contributed by atoms with Gasteiger partial charge in [0, 0.05) is 4.90 Å². The van der Waals surface area contributed by atoms with Crippen molar-refractivity contribution in [2.75, 3.05) is 16.8 Å². The Kier molecular flexibility index (Phi) is 6.50. The van der Waals surface area contributed by atoms with Gasteiger partial charge >= 0.3 is 0 Å². The molecule has 4 nitrogen and oxygen atoms in total. The molecule has 2 aromatic rings. The van der Waals surface area contributed by atoms with Crippen molar-refractivity contribution in [2.24, 2.45) is 0 Å². The molecule has 0 unspecified atom stereocenters. The maximum absolute atomic E-state index is 12.0. The van der Waals surface area contributed by atoms with Crippen molar-refractivity contribution in [1.82, 2.24) is 10.2 Å². The average Bonchev–Trinajstić information content (AvgIpc) is 2.92. The Balaban J connectivity index is 1.84. The minimum Gasteiger partial charge on any atom is -0.300 e. The van der Waals surface area contributed by atoms with Crippen molar-refractivity contribution in [3.05, 3.63) is 29.8 Å². The lowest BCUT2D eigenvalue weighted by Gasteiger charge is -2.19. The van der Waals surface area contributed by atoms with Gasteiger partial charge in [0.2, 0.25) is 11.0 Å². The van der Waals surface area contributed by atoms with Crippen LogP contribution in [0.4, 0.5) is 5.13 Å². The zero-order chi connectivity index (χ0) is 16.9. The molecule has 0 radical (unpaired) electrons. The Morgan fingerprint density at radius 3 is 2.48 bits per heavy atom. The Labute approximate surface area is 149 Å². The number of anilines is 1. The summed E-state index contributed by atoms with van der Waals surface area (Å²) >= 11 is 4.56. The van der Waals surface area contributed by atoms with Crippen LogP contribution in [0, 0.1) is 0 Å². The van der Waals surface area contributed by atoms with Crippen LogP contribution in [-0.2, 0) is 10.2 Å². The number of rotatable bonds is 6. The molecule has 124 valence electrons. The molecule has 0 saturated heterocycles. The highest BCUT2D eigenvalue weighted by molar-refractivity contribution is 8.01. The van der Waals surface area contributed by atoms with Crippen molar-refractivity contribution < 1.29 is 4.79 Å².